The predicted molar refractivity (Wildman–Crippen MR) is 123 cm³/mol. The van der Waals surface area contributed by atoms with Gasteiger partial charge in [-0.05, 0) is 72.6 Å². The van der Waals surface area contributed by atoms with Crippen molar-refractivity contribution in [2.75, 3.05) is 5.32 Å². The minimum Gasteiger partial charge on any atom is -0.324 e. The largest absolute Gasteiger partial charge is 0.416 e. The van der Waals surface area contributed by atoms with Gasteiger partial charge in [0.1, 0.15) is 5.54 Å². The molecule has 0 unspecified atom stereocenters. The number of amides is 2. The lowest BCUT2D eigenvalue weighted by Crippen LogP contribution is -2.56. The Morgan fingerprint density at radius 3 is 2.24 bits per heavy atom. The van der Waals surface area contributed by atoms with E-state index in [9.17, 15) is 22.8 Å². The van der Waals surface area contributed by atoms with E-state index in [0.717, 1.165) is 16.6 Å². The number of fused-ring (bicyclic) bond motifs is 1. The maximum Gasteiger partial charge on any atom is 0.416 e. The lowest BCUT2D eigenvalue weighted by atomic mass is 9.88. The number of nitrogens with zero attached hydrogens (tertiary/aromatic N) is 1. The van der Waals surface area contributed by atoms with Gasteiger partial charge in [0.15, 0.2) is 0 Å². The maximum absolute atomic E-state index is 13.6. The van der Waals surface area contributed by atoms with E-state index in [-0.39, 0.29) is 35.6 Å². The molecule has 1 N–H and O–H groups in total. The van der Waals surface area contributed by atoms with Gasteiger partial charge in [0.05, 0.1) is 5.56 Å². The lowest BCUT2D eigenvalue weighted by molar-refractivity contribution is -0.145. The van der Waals surface area contributed by atoms with Gasteiger partial charge < -0.3 is 10.2 Å². The molecule has 4 rings (SSSR count). The Bertz CT molecular complexity index is 1070. The number of halogens is 4. The van der Waals surface area contributed by atoms with Crippen molar-refractivity contribution < 1.29 is 22.8 Å². The third-order valence-corrected chi connectivity index (χ3v) is 7.94. The van der Waals surface area contributed by atoms with Crippen LogP contribution in [0.5, 0.6) is 0 Å². The average molecular weight is 523 g/mol. The highest BCUT2D eigenvalue weighted by Gasteiger charge is 2.64. The Labute approximate surface area is 199 Å². The molecule has 1 saturated heterocycles. The second-order valence-electron chi connectivity index (χ2n) is 9.85. The van der Waals surface area contributed by atoms with Crippen molar-refractivity contribution in [3.63, 3.8) is 0 Å². The van der Waals surface area contributed by atoms with Gasteiger partial charge in [0.2, 0.25) is 11.8 Å². The highest BCUT2D eigenvalue weighted by molar-refractivity contribution is 9.10. The van der Waals surface area contributed by atoms with E-state index < -0.39 is 17.3 Å². The maximum atomic E-state index is 13.6. The average Bonchev–Trinajstić information content (AvgIpc) is 3.28. The third kappa shape index (κ3) is 4.54. The smallest absolute Gasteiger partial charge is 0.324 e. The van der Waals surface area contributed by atoms with Gasteiger partial charge in [-0.3, -0.25) is 9.59 Å². The van der Waals surface area contributed by atoms with Gasteiger partial charge in [0, 0.05) is 23.1 Å². The number of rotatable bonds is 4. The summed E-state index contributed by atoms with van der Waals surface area (Å²) >= 11 is 3.37. The number of nitrogens with one attached hydrogen (secondary N) is 1. The number of hydrogen-bond acceptors (Lipinski definition) is 2. The Balaban J connectivity index is 1.64. The van der Waals surface area contributed by atoms with Crippen molar-refractivity contribution in [1.82, 2.24) is 4.90 Å². The van der Waals surface area contributed by atoms with Crippen LogP contribution < -0.4 is 5.32 Å². The van der Waals surface area contributed by atoms with Gasteiger partial charge in [0.25, 0.3) is 0 Å². The molecule has 1 saturated carbocycles. The Morgan fingerprint density at radius 2 is 1.67 bits per heavy atom. The molecule has 2 amide bonds. The van der Waals surface area contributed by atoms with Crippen molar-refractivity contribution in [3.8, 4) is 0 Å². The number of hydrogen-bond donors (Lipinski definition) is 1. The molecule has 0 spiro atoms. The molecule has 2 aliphatic rings. The van der Waals surface area contributed by atoms with Crippen LogP contribution in [-0.2, 0) is 22.3 Å². The predicted octanol–water partition coefficient (Wildman–Crippen LogP) is 6.26. The van der Waals surface area contributed by atoms with E-state index >= 15 is 0 Å². The second kappa shape index (κ2) is 8.15. The normalized spacial score (nSPS) is 26.4. The molecule has 0 bridgehead atoms. The van der Waals surface area contributed by atoms with Gasteiger partial charge >= 0.3 is 6.18 Å². The summed E-state index contributed by atoms with van der Waals surface area (Å²) in [6.07, 6.45) is -3.60. The Morgan fingerprint density at radius 1 is 1.06 bits per heavy atom. The molecule has 1 aliphatic heterocycles. The highest BCUT2D eigenvalue weighted by Crippen LogP contribution is 2.64. The van der Waals surface area contributed by atoms with Crippen LogP contribution in [-0.4, -0.2) is 22.3 Å². The zero-order valence-corrected chi connectivity index (χ0v) is 20.3. The fourth-order valence-electron chi connectivity index (χ4n) is 5.04. The molecule has 0 radical (unpaired) electrons. The van der Waals surface area contributed by atoms with E-state index in [0.29, 0.717) is 24.1 Å². The summed E-state index contributed by atoms with van der Waals surface area (Å²) in [6, 6.07) is 11.9. The van der Waals surface area contributed by atoms with Gasteiger partial charge in [-0.1, -0.05) is 41.9 Å². The molecule has 33 heavy (non-hydrogen) atoms. The van der Waals surface area contributed by atoms with Crippen molar-refractivity contribution in [2.45, 2.75) is 51.9 Å². The first-order valence-electron chi connectivity index (χ1n) is 10.9. The Hall–Kier alpha value is -2.35. The summed E-state index contributed by atoms with van der Waals surface area (Å²) in [4.78, 5) is 28.5. The number of likely N-dealkylation sites (tertiary alicyclic amines) is 1. The Kier molecular flexibility index (Phi) is 5.88. The molecule has 0 aromatic heterocycles. The van der Waals surface area contributed by atoms with Crippen LogP contribution in [0.1, 0.15) is 44.7 Å². The number of benzene rings is 2. The molecular weight excluding hydrogens is 497 g/mol. The first kappa shape index (κ1) is 23.8. The van der Waals surface area contributed by atoms with Crippen LogP contribution in [0.25, 0.3) is 0 Å². The lowest BCUT2D eigenvalue weighted by Gasteiger charge is -2.40. The van der Waals surface area contributed by atoms with Crippen molar-refractivity contribution in [1.29, 1.82) is 0 Å². The molecule has 176 valence electrons. The number of alkyl halides is 3. The van der Waals surface area contributed by atoms with Crippen LogP contribution in [0.4, 0.5) is 18.9 Å². The SMILES string of the molecule is CC1(C)[C@H]2CC(=O)N(Cc3ccc(C(F)(F)F)cc3)[C@](C)(C(=O)Nc3ccc(Br)cc3)C[C@@H]21. The van der Waals surface area contributed by atoms with E-state index in [1.807, 2.05) is 12.1 Å². The summed E-state index contributed by atoms with van der Waals surface area (Å²) in [7, 11) is 0. The molecule has 1 heterocycles. The molecule has 8 heteroatoms. The fraction of sp³-hybridized carbons (Fsp3) is 0.440. The van der Waals surface area contributed by atoms with Crippen LogP contribution in [0.2, 0.25) is 0 Å². The van der Waals surface area contributed by atoms with Gasteiger partial charge in [-0.15, -0.1) is 0 Å². The van der Waals surface area contributed by atoms with E-state index in [1.165, 1.54) is 12.1 Å². The van der Waals surface area contributed by atoms with Crippen molar-refractivity contribution >= 4 is 33.4 Å². The quantitative estimate of drug-likeness (QED) is 0.515. The van der Waals surface area contributed by atoms with Crippen LogP contribution >= 0.6 is 15.9 Å². The summed E-state index contributed by atoms with van der Waals surface area (Å²) in [5.41, 5.74) is -0.738. The monoisotopic (exact) mass is 522 g/mol. The topological polar surface area (TPSA) is 49.4 Å². The van der Waals surface area contributed by atoms with E-state index in [1.54, 1.807) is 24.0 Å². The van der Waals surface area contributed by atoms with Crippen LogP contribution in [0.3, 0.4) is 0 Å². The van der Waals surface area contributed by atoms with Crippen molar-refractivity contribution in [2.24, 2.45) is 17.3 Å². The summed E-state index contributed by atoms with van der Waals surface area (Å²) < 4.78 is 39.7. The third-order valence-electron chi connectivity index (χ3n) is 7.41. The summed E-state index contributed by atoms with van der Waals surface area (Å²) in [6.45, 7) is 6.07. The molecular formula is C25H26BrF3N2O2. The first-order chi connectivity index (χ1) is 15.3. The minimum atomic E-state index is -4.43. The molecule has 4 nitrogen and oxygen atoms in total. The standard InChI is InChI=1S/C25H26BrF3N2O2/c1-23(2)19-12-21(32)31(14-15-4-6-16(7-5-15)25(27,28)29)24(3,13-20(19)23)22(33)30-18-10-8-17(26)9-11-18/h4-11,19-20H,12-14H2,1-3H3,(H,30,33)/t19-,20-,24-/m0/s1. The van der Waals surface area contributed by atoms with Crippen LogP contribution in [0, 0.1) is 17.3 Å². The van der Waals surface area contributed by atoms with E-state index in [4.69, 9.17) is 0 Å². The fourth-order valence-corrected chi connectivity index (χ4v) is 5.30. The highest BCUT2D eigenvalue weighted by atomic mass is 79.9. The summed E-state index contributed by atoms with van der Waals surface area (Å²) in [5, 5.41) is 2.94. The van der Waals surface area contributed by atoms with Gasteiger partial charge in [-0.2, -0.15) is 13.2 Å². The molecule has 1 aliphatic carbocycles. The van der Waals surface area contributed by atoms with Crippen molar-refractivity contribution in [3.05, 3.63) is 64.1 Å². The minimum absolute atomic E-state index is 0.0186. The van der Waals surface area contributed by atoms with E-state index in [2.05, 4.69) is 35.1 Å². The zero-order chi connectivity index (χ0) is 24.2. The number of carbonyl (C=O) groups is 2. The van der Waals surface area contributed by atoms with Gasteiger partial charge in [-0.25, -0.2) is 0 Å². The first-order valence-corrected chi connectivity index (χ1v) is 11.7. The number of anilines is 1. The number of carbonyl (C=O) groups excluding carboxylic acids is 2. The molecule has 2 fully saturated rings. The second-order valence-corrected chi connectivity index (χ2v) is 10.8. The molecule has 2 aromatic carbocycles. The van der Waals surface area contributed by atoms with Crippen LogP contribution in [0.15, 0.2) is 53.0 Å². The summed E-state index contributed by atoms with van der Waals surface area (Å²) in [5.74, 6) is -0.0306. The molecule has 2 aromatic rings. The zero-order valence-electron chi connectivity index (χ0n) is 18.7. The molecule has 3 atom stereocenters.